The molecule has 0 bridgehead atoms. The fourth-order valence-corrected chi connectivity index (χ4v) is 2.20. The van der Waals surface area contributed by atoms with Crippen molar-refractivity contribution in [3.05, 3.63) is 28.6 Å². The minimum Gasteiger partial charge on any atom is -0.495 e. The van der Waals surface area contributed by atoms with E-state index in [9.17, 15) is 4.79 Å². The van der Waals surface area contributed by atoms with E-state index < -0.39 is 11.9 Å². The summed E-state index contributed by atoms with van der Waals surface area (Å²) in [5.41, 5.74) is 1.49. The summed E-state index contributed by atoms with van der Waals surface area (Å²) in [5, 5.41) is 8.88. The second-order valence-electron chi connectivity index (χ2n) is 4.13. The number of rotatable bonds is 4. The molecule has 1 atom stereocenters. The van der Waals surface area contributed by atoms with Crippen molar-refractivity contribution < 1.29 is 14.6 Å². The van der Waals surface area contributed by atoms with E-state index in [0.29, 0.717) is 12.2 Å². The van der Waals surface area contributed by atoms with Gasteiger partial charge in [-0.3, -0.25) is 4.79 Å². The first-order valence-corrected chi connectivity index (χ1v) is 6.24. The van der Waals surface area contributed by atoms with Crippen LogP contribution in [0.15, 0.2) is 22.9 Å². The predicted octanol–water partition coefficient (Wildman–Crippen LogP) is 2.37. The Hall–Kier alpha value is -1.56. The van der Waals surface area contributed by atoms with Gasteiger partial charge in [-0.2, -0.15) is 0 Å². The Morgan fingerprint density at radius 1 is 1.61 bits per heavy atom. The van der Waals surface area contributed by atoms with Crippen molar-refractivity contribution in [2.24, 2.45) is 5.92 Å². The molecule has 96 valence electrons. The molecule has 1 unspecified atom stereocenters. The molecule has 2 aromatic heterocycles. The van der Waals surface area contributed by atoms with Crippen LogP contribution in [0.4, 0.5) is 0 Å². The minimum absolute atomic E-state index is 0.414. The molecule has 0 saturated carbocycles. The summed E-state index contributed by atoms with van der Waals surface area (Å²) in [5.74, 6) is -0.558. The van der Waals surface area contributed by atoms with Gasteiger partial charge in [-0.15, -0.1) is 0 Å². The molecule has 0 aliphatic carbocycles. The third kappa shape index (κ3) is 2.48. The van der Waals surface area contributed by atoms with Crippen molar-refractivity contribution in [1.82, 2.24) is 9.38 Å². The fraction of sp³-hybridized carbons (Fsp3) is 0.333. The summed E-state index contributed by atoms with van der Waals surface area (Å²) in [7, 11) is 1.59. The molecule has 0 amide bonds. The van der Waals surface area contributed by atoms with Gasteiger partial charge >= 0.3 is 5.97 Å². The molecule has 0 spiro atoms. The van der Waals surface area contributed by atoms with Gasteiger partial charge in [0.15, 0.2) is 0 Å². The maximum atomic E-state index is 10.8. The quantitative estimate of drug-likeness (QED) is 0.941. The van der Waals surface area contributed by atoms with Crippen molar-refractivity contribution in [3.8, 4) is 5.75 Å². The van der Waals surface area contributed by atoms with Gasteiger partial charge in [-0.25, -0.2) is 4.98 Å². The van der Waals surface area contributed by atoms with Crippen LogP contribution in [0.3, 0.4) is 0 Å². The van der Waals surface area contributed by atoms with E-state index in [-0.39, 0.29) is 0 Å². The van der Waals surface area contributed by atoms with E-state index in [2.05, 4.69) is 20.9 Å². The molecule has 0 fully saturated rings. The number of hydrogen-bond acceptors (Lipinski definition) is 3. The summed E-state index contributed by atoms with van der Waals surface area (Å²) < 4.78 is 7.86. The fourth-order valence-electron chi connectivity index (χ4n) is 1.70. The summed E-state index contributed by atoms with van der Waals surface area (Å²) in [6, 6.07) is 1.80. The molecule has 6 heteroatoms. The number of carboxylic acids is 1. The van der Waals surface area contributed by atoms with Crippen LogP contribution < -0.4 is 4.74 Å². The molecule has 1 N–H and O–H groups in total. The molecule has 2 heterocycles. The Morgan fingerprint density at radius 2 is 2.33 bits per heavy atom. The van der Waals surface area contributed by atoms with E-state index in [1.807, 2.05) is 16.8 Å². The summed E-state index contributed by atoms with van der Waals surface area (Å²) >= 11 is 3.39. The number of hydrogen-bond donors (Lipinski definition) is 1. The number of carboxylic acid groups (broad SMARTS) is 1. The highest BCUT2D eigenvalue weighted by molar-refractivity contribution is 9.10. The van der Waals surface area contributed by atoms with Gasteiger partial charge in [0.2, 0.25) is 0 Å². The van der Waals surface area contributed by atoms with E-state index in [1.54, 1.807) is 20.1 Å². The van der Waals surface area contributed by atoms with Crippen LogP contribution in [0.1, 0.15) is 12.6 Å². The molecular formula is C12H13BrN2O3. The molecule has 0 aliphatic rings. The highest BCUT2D eigenvalue weighted by atomic mass is 79.9. The lowest BCUT2D eigenvalue weighted by molar-refractivity contribution is -0.141. The number of pyridine rings is 1. The predicted molar refractivity (Wildman–Crippen MR) is 69.9 cm³/mol. The van der Waals surface area contributed by atoms with Gasteiger partial charge in [0, 0.05) is 24.9 Å². The molecule has 5 nitrogen and oxygen atoms in total. The molecular weight excluding hydrogens is 300 g/mol. The summed E-state index contributed by atoms with van der Waals surface area (Å²) in [4.78, 5) is 15.2. The van der Waals surface area contributed by atoms with Crippen molar-refractivity contribution in [3.63, 3.8) is 0 Å². The van der Waals surface area contributed by atoms with Crippen molar-refractivity contribution in [1.29, 1.82) is 0 Å². The first-order chi connectivity index (χ1) is 8.51. The molecule has 0 aliphatic heterocycles. The number of carbonyl (C=O) groups is 1. The zero-order valence-electron chi connectivity index (χ0n) is 10.1. The lowest BCUT2D eigenvalue weighted by atomic mass is 10.1. The Kier molecular flexibility index (Phi) is 3.56. The number of nitrogens with zero attached hydrogens (tertiary/aromatic N) is 2. The largest absolute Gasteiger partial charge is 0.495 e. The number of aliphatic carboxylic acids is 1. The lowest BCUT2D eigenvalue weighted by Crippen LogP contribution is -2.12. The maximum absolute atomic E-state index is 10.8. The third-order valence-corrected chi connectivity index (χ3v) is 3.31. The van der Waals surface area contributed by atoms with Crippen LogP contribution in [0.2, 0.25) is 0 Å². The van der Waals surface area contributed by atoms with Gasteiger partial charge < -0.3 is 14.2 Å². The second kappa shape index (κ2) is 4.97. The number of ether oxygens (including phenoxy) is 1. The Morgan fingerprint density at radius 3 is 2.94 bits per heavy atom. The second-order valence-corrected chi connectivity index (χ2v) is 4.99. The lowest BCUT2D eigenvalue weighted by Gasteiger charge is -2.02. The zero-order valence-corrected chi connectivity index (χ0v) is 11.6. The van der Waals surface area contributed by atoms with Crippen LogP contribution in [-0.4, -0.2) is 27.6 Å². The van der Waals surface area contributed by atoms with Gasteiger partial charge in [0.05, 0.1) is 23.2 Å². The number of halogens is 1. The van der Waals surface area contributed by atoms with Gasteiger partial charge in [-0.05, 0) is 15.9 Å². The smallest absolute Gasteiger partial charge is 0.306 e. The highest BCUT2D eigenvalue weighted by Crippen LogP contribution is 2.26. The topological polar surface area (TPSA) is 63.8 Å². The average molecular weight is 313 g/mol. The highest BCUT2D eigenvalue weighted by Gasteiger charge is 2.14. The number of fused-ring (bicyclic) bond motifs is 1. The van der Waals surface area contributed by atoms with Crippen molar-refractivity contribution in [2.75, 3.05) is 7.11 Å². The molecule has 0 saturated heterocycles. The van der Waals surface area contributed by atoms with Crippen LogP contribution in [0.5, 0.6) is 5.75 Å². The monoisotopic (exact) mass is 312 g/mol. The molecule has 0 aromatic carbocycles. The number of imidazole rings is 1. The molecule has 18 heavy (non-hydrogen) atoms. The van der Waals surface area contributed by atoms with E-state index >= 15 is 0 Å². The Bertz CT molecular complexity index is 594. The standard InChI is InChI=1S/C12H13BrN2O3/c1-7(12(16)17)3-8-5-15-6-9(13)10(18-2)4-11(15)14-8/h4-7H,3H2,1-2H3,(H,16,17). The van der Waals surface area contributed by atoms with Crippen LogP contribution >= 0.6 is 15.9 Å². The van der Waals surface area contributed by atoms with E-state index in [1.165, 1.54) is 0 Å². The normalized spacial score (nSPS) is 12.6. The molecule has 2 rings (SSSR count). The summed E-state index contributed by atoms with van der Waals surface area (Å²) in [6.07, 6.45) is 4.09. The number of methoxy groups -OCH3 is 1. The SMILES string of the molecule is COc1cc2nc(CC(C)C(=O)O)cn2cc1Br. The van der Waals surface area contributed by atoms with Crippen molar-refractivity contribution >= 4 is 27.5 Å². The molecule has 0 radical (unpaired) electrons. The first kappa shape index (κ1) is 12.9. The average Bonchev–Trinajstić information content (AvgIpc) is 2.68. The van der Waals surface area contributed by atoms with E-state index in [4.69, 9.17) is 9.84 Å². The van der Waals surface area contributed by atoms with E-state index in [0.717, 1.165) is 15.8 Å². The number of aromatic nitrogens is 2. The molecule has 2 aromatic rings. The van der Waals surface area contributed by atoms with Gasteiger partial charge in [0.25, 0.3) is 0 Å². The van der Waals surface area contributed by atoms with Crippen LogP contribution in [-0.2, 0) is 11.2 Å². The van der Waals surface area contributed by atoms with Crippen molar-refractivity contribution in [2.45, 2.75) is 13.3 Å². The maximum Gasteiger partial charge on any atom is 0.306 e. The third-order valence-electron chi connectivity index (χ3n) is 2.72. The van der Waals surface area contributed by atoms with Crippen LogP contribution in [0.25, 0.3) is 5.65 Å². The first-order valence-electron chi connectivity index (χ1n) is 5.45. The minimum atomic E-state index is -0.814. The van der Waals surface area contributed by atoms with Gasteiger partial charge in [-0.1, -0.05) is 6.92 Å². The Balaban J connectivity index is 2.35. The summed E-state index contributed by atoms with van der Waals surface area (Å²) in [6.45, 7) is 1.67. The Labute approximate surface area is 113 Å². The van der Waals surface area contributed by atoms with Crippen LogP contribution in [0, 0.1) is 5.92 Å². The van der Waals surface area contributed by atoms with Gasteiger partial charge in [0.1, 0.15) is 11.4 Å². The zero-order chi connectivity index (χ0) is 13.3.